The van der Waals surface area contributed by atoms with Crippen molar-refractivity contribution in [2.45, 2.75) is 59.3 Å². The van der Waals surface area contributed by atoms with Gasteiger partial charge in [-0.15, -0.1) is 0 Å². The van der Waals surface area contributed by atoms with E-state index in [4.69, 9.17) is 0 Å². The topological polar surface area (TPSA) is 0 Å². The fraction of sp³-hybridized carbons (Fsp3) is 1.00. The molecule has 0 aliphatic heterocycles. The summed E-state index contributed by atoms with van der Waals surface area (Å²) < 4.78 is 0. The smallest absolute Gasteiger partial charge is 0.0334 e. The van der Waals surface area contributed by atoms with Gasteiger partial charge in [0, 0.05) is 0 Å². The van der Waals surface area contributed by atoms with Gasteiger partial charge in [-0.25, -0.2) is 0 Å². The summed E-state index contributed by atoms with van der Waals surface area (Å²) in [4.78, 5) is 0. The molecule has 0 nitrogen and oxygen atoms in total. The van der Waals surface area contributed by atoms with Crippen LogP contribution in [0.3, 0.4) is 0 Å². The zero-order chi connectivity index (χ0) is 10.1. The molecule has 0 amide bonds. The monoisotopic (exact) mass is 194 g/mol. The molecule has 0 N–H and O–H groups in total. The van der Waals surface area contributed by atoms with Crippen molar-refractivity contribution in [3.63, 3.8) is 0 Å². The molecule has 2 rings (SSSR count). The molecule has 2 aliphatic carbocycles. The summed E-state index contributed by atoms with van der Waals surface area (Å²) >= 11 is 0. The van der Waals surface area contributed by atoms with E-state index >= 15 is 0 Å². The van der Waals surface area contributed by atoms with Crippen molar-refractivity contribution in [3.8, 4) is 0 Å². The summed E-state index contributed by atoms with van der Waals surface area (Å²) in [6.07, 6.45) is 9.04. The molecule has 0 heterocycles. The van der Waals surface area contributed by atoms with Gasteiger partial charge >= 0.3 is 0 Å². The van der Waals surface area contributed by atoms with Crippen LogP contribution in [-0.2, 0) is 0 Å². The Hall–Kier alpha value is 0. The van der Waals surface area contributed by atoms with E-state index in [2.05, 4.69) is 20.8 Å². The summed E-state index contributed by atoms with van der Waals surface area (Å²) in [7, 11) is 0. The normalized spacial score (nSPS) is 41.8. The summed E-state index contributed by atoms with van der Waals surface area (Å²) in [5.74, 6) is 5.12. The molecule has 0 aromatic heterocycles. The Morgan fingerprint density at radius 1 is 0.857 bits per heavy atom. The molecule has 2 saturated carbocycles. The van der Waals surface area contributed by atoms with Crippen molar-refractivity contribution in [2.75, 3.05) is 0 Å². The van der Waals surface area contributed by atoms with Crippen LogP contribution in [-0.4, -0.2) is 0 Å². The minimum absolute atomic E-state index is 1.00. The van der Waals surface area contributed by atoms with Gasteiger partial charge in [0.25, 0.3) is 0 Å². The second kappa shape index (κ2) is 4.24. The van der Waals surface area contributed by atoms with E-state index in [0.29, 0.717) is 0 Å². The van der Waals surface area contributed by atoms with Gasteiger partial charge in [0.05, 0.1) is 0 Å². The third-order valence-electron chi connectivity index (χ3n) is 5.14. The molecule has 0 aromatic carbocycles. The van der Waals surface area contributed by atoms with E-state index in [0.717, 1.165) is 29.6 Å². The Morgan fingerprint density at radius 2 is 1.36 bits per heavy atom. The van der Waals surface area contributed by atoms with Gasteiger partial charge in [0.15, 0.2) is 0 Å². The largest absolute Gasteiger partial charge is 0.0622 e. The van der Waals surface area contributed by atoms with E-state index in [1.807, 2.05) is 0 Å². The molecule has 0 saturated heterocycles. The van der Waals surface area contributed by atoms with Crippen molar-refractivity contribution >= 4 is 0 Å². The first-order valence-electron chi connectivity index (χ1n) is 6.70. The van der Waals surface area contributed by atoms with Crippen LogP contribution < -0.4 is 0 Å². The first-order chi connectivity index (χ1) is 6.70. The molecule has 2 unspecified atom stereocenters. The van der Waals surface area contributed by atoms with Gasteiger partial charge in [-0.2, -0.15) is 0 Å². The van der Waals surface area contributed by atoms with Crippen LogP contribution in [0.1, 0.15) is 59.3 Å². The van der Waals surface area contributed by atoms with Crippen LogP contribution in [0.25, 0.3) is 0 Å². The molecule has 0 aromatic rings. The zero-order valence-corrected chi connectivity index (χ0v) is 10.1. The highest BCUT2D eigenvalue weighted by molar-refractivity contribution is 4.87. The Morgan fingerprint density at radius 3 is 1.86 bits per heavy atom. The molecule has 0 spiro atoms. The number of hydrogen-bond donors (Lipinski definition) is 0. The quantitative estimate of drug-likeness (QED) is 0.607. The van der Waals surface area contributed by atoms with Crippen LogP contribution in [0.2, 0.25) is 0 Å². The minimum Gasteiger partial charge on any atom is -0.0622 e. The van der Waals surface area contributed by atoms with Crippen molar-refractivity contribution in [1.29, 1.82) is 0 Å². The molecule has 82 valence electrons. The molecule has 3 atom stereocenters. The van der Waals surface area contributed by atoms with Crippen LogP contribution >= 0.6 is 0 Å². The van der Waals surface area contributed by atoms with Gasteiger partial charge in [-0.3, -0.25) is 0 Å². The summed E-state index contributed by atoms with van der Waals surface area (Å²) in [6, 6.07) is 0. The van der Waals surface area contributed by atoms with Gasteiger partial charge in [0.1, 0.15) is 0 Å². The molecule has 0 radical (unpaired) electrons. The Bertz CT molecular complexity index is 168. The van der Waals surface area contributed by atoms with E-state index in [-0.39, 0.29) is 0 Å². The molecule has 2 fully saturated rings. The van der Waals surface area contributed by atoms with Crippen LogP contribution in [0.4, 0.5) is 0 Å². The number of rotatable bonds is 2. The lowest BCUT2D eigenvalue weighted by Gasteiger charge is -2.31. The average molecular weight is 194 g/mol. The number of hydrogen-bond acceptors (Lipinski definition) is 0. The second-order valence-electron chi connectivity index (χ2n) is 6.01. The Labute approximate surface area is 89.5 Å². The summed E-state index contributed by atoms with van der Waals surface area (Å²) in [6.45, 7) is 7.51. The fourth-order valence-electron chi connectivity index (χ4n) is 4.31. The third-order valence-corrected chi connectivity index (χ3v) is 5.14. The molecular weight excluding hydrogens is 168 g/mol. The van der Waals surface area contributed by atoms with Crippen LogP contribution in [0.15, 0.2) is 0 Å². The average Bonchev–Trinajstić information content (AvgIpc) is 2.75. The predicted octanol–water partition coefficient (Wildman–Crippen LogP) is 4.49. The van der Waals surface area contributed by atoms with E-state index in [9.17, 15) is 0 Å². The lowest BCUT2D eigenvalue weighted by molar-refractivity contribution is 0.174. The minimum atomic E-state index is 1.00. The maximum absolute atomic E-state index is 2.54. The highest BCUT2D eigenvalue weighted by Crippen LogP contribution is 2.46. The fourth-order valence-corrected chi connectivity index (χ4v) is 4.31. The van der Waals surface area contributed by atoms with Crippen LogP contribution in [0.5, 0.6) is 0 Å². The Balaban J connectivity index is 1.98. The first-order valence-corrected chi connectivity index (χ1v) is 6.70. The highest BCUT2D eigenvalue weighted by Gasteiger charge is 2.37. The molecule has 0 bridgehead atoms. The van der Waals surface area contributed by atoms with E-state index in [1.165, 1.54) is 38.5 Å². The first kappa shape index (κ1) is 10.5. The maximum atomic E-state index is 2.54. The maximum Gasteiger partial charge on any atom is -0.0334 e. The van der Waals surface area contributed by atoms with Gasteiger partial charge in [-0.05, 0) is 29.6 Å². The van der Waals surface area contributed by atoms with Gasteiger partial charge in [0.2, 0.25) is 0 Å². The van der Waals surface area contributed by atoms with E-state index in [1.54, 1.807) is 0 Å². The molecule has 0 heteroatoms. The van der Waals surface area contributed by atoms with Crippen molar-refractivity contribution in [2.24, 2.45) is 29.6 Å². The summed E-state index contributed by atoms with van der Waals surface area (Å²) in [5, 5.41) is 0. The lowest BCUT2D eigenvalue weighted by atomic mass is 9.74. The van der Waals surface area contributed by atoms with Crippen molar-refractivity contribution in [1.82, 2.24) is 0 Å². The van der Waals surface area contributed by atoms with Crippen LogP contribution in [0, 0.1) is 29.6 Å². The third kappa shape index (κ3) is 1.85. The van der Waals surface area contributed by atoms with Crippen molar-refractivity contribution < 1.29 is 0 Å². The second-order valence-corrected chi connectivity index (χ2v) is 6.01. The predicted molar refractivity (Wildman–Crippen MR) is 62.2 cm³/mol. The lowest BCUT2D eigenvalue weighted by Crippen LogP contribution is -2.25. The van der Waals surface area contributed by atoms with Gasteiger partial charge < -0.3 is 0 Å². The standard InChI is InChI=1S/C14H26/c1-10-8-9-11(2)14(10)12(3)13-6-4-5-7-13/h10-14H,4-9H2,1-3H3/t10?,11?,12-,14?/m1/s1. The zero-order valence-electron chi connectivity index (χ0n) is 10.1. The van der Waals surface area contributed by atoms with E-state index < -0.39 is 0 Å². The van der Waals surface area contributed by atoms with Crippen molar-refractivity contribution in [3.05, 3.63) is 0 Å². The summed E-state index contributed by atoms with van der Waals surface area (Å²) in [5.41, 5.74) is 0. The highest BCUT2D eigenvalue weighted by atomic mass is 14.4. The van der Waals surface area contributed by atoms with Gasteiger partial charge in [-0.1, -0.05) is 59.3 Å². The Kier molecular flexibility index (Phi) is 3.19. The molecular formula is C14H26. The molecule has 2 aliphatic rings. The molecule has 14 heavy (non-hydrogen) atoms. The SMILES string of the molecule is CC1CCC(C)C1[C@H](C)C1CCCC1.